The van der Waals surface area contributed by atoms with Crippen LogP contribution in [0.15, 0.2) is 10.9 Å². The van der Waals surface area contributed by atoms with Crippen LogP contribution < -0.4 is 5.56 Å². The Morgan fingerprint density at radius 1 is 1.57 bits per heavy atom. The molecule has 1 heterocycles. The minimum absolute atomic E-state index is 0.0305. The molecule has 7 heteroatoms. The summed E-state index contributed by atoms with van der Waals surface area (Å²) in [4.78, 5) is 23.3. The van der Waals surface area contributed by atoms with Crippen molar-refractivity contribution in [3.63, 3.8) is 0 Å². The lowest BCUT2D eigenvalue weighted by Gasteiger charge is -2.04. The Kier molecular flexibility index (Phi) is 3.19. The van der Waals surface area contributed by atoms with E-state index in [1.807, 2.05) is 4.98 Å². The number of aromatic carboxylic acids is 1. The van der Waals surface area contributed by atoms with Crippen molar-refractivity contribution in [3.8, 4) is 0 Å². The van der Waals surface area contributed by atoms with Gasteiger partial charge in [-0.2, -0.15) is 0 Å². The van der Waals surface area contributed by atoms with E-state index in [1.165, 1.54) is 0 Å². The third kappa shape index (κ3) is 2.08. The molecule has 1 rings (SSSR count). The van der Waals surface area contributed by atoms with Gasteiger partial charge in [0.2, 0.25) is 0 Å². The number of hydrogen-bond donors (Lipinski definition) is 2. The van der Waals surface area contributed by atoms with Crippen molar-refractivity contribution in [2.75, 3.05) is 0 Å². The molecule has 2 N–H and O–H groups in total. The Bertz CT molecular complexity index is 429. The summed E-state index contributed by atoms with van der Waals surface area (Å²) in [6, 6.07) is 0.869. The fraction of sp³-hybridized carbons (Fsp3) is 0.143. The van der Waals surface area contributed by atoms with Gasteiger partial charge < -0.3 is 10.1 Å². The Morgan fingerprint density at radius 3 is 2.57 bits per heavy atom. The van der Waals surface area contributed by atoms with Gasteiger partial charge in [-0.1, -0.05) is 0 Å². The first-order chi connectivity index (χ1) is 6.43. The molecule has 0 saturated carbocycles. The maximum Gasteiger partial charge on any atom is 0.352 e. The van der Waals surface area contributed by atoms with Gasteiger partial charge in [0.15, 0.2) is 0 Å². The number of alkyl halides is 2. The van der Waals surface area contributed by atoms with Crippen molar-refractivity contribution < 1.29 is 18.7 Å². The number of H-pyrrole nitrogens is 1. The van der Waals surface area contributed by atoms with E-state index in [0.717, 1.165) is 6.07 Å². The van der Waals surface area contributed by atoms with E-state index in [0.29, 0.717) is 0 Å². The van der Waals surface area contributed by atoms with Crippen molar-refractivity contribution in [1.82, 2.24) is 4.98 Å². The van der Waals surface area contributed by atoms with Gasteiger partial charge in [-0.3, -0.25) is 4.79 Å². The van der Waals surface area contributed by atoms with Gasteiger partial charge in [-0.05, 0) is 28.7 Å². The van der Waals surface area contributed by atoms with Crippen LogP contribution in [0.2, 0.25) is 0 Å². The summed E-state index contributed by atoms with van der Waals surface area (Å²) >= 11 is 1.55. The van der Waals surface area contributed by atoms with Crippen molar-refractivity contribution in [2.45, 2.75) is 6.43 Å². The topological polar surface area (TPSA) is 70.2 Å². The van der Waals surface area contributed by atoms with Crippen molar-refractivity contribution >= 4 is 28.6 Å². The third-order valence-electron chi connectivity index (χ3n) is 1.48. The molecular formula is C7H4F2INO3. The summed E-state index contributed by atoms with van der Waals surface area (Å²) in [5, 5.41) is 8.52. The third-order valence-corrected chi connectivity index (χ3v) is 2.28. The van der Waals surface area contributed by atoms with Crippen LogP contribution in [0.3, 0.4) is 0 Å². The van der Waals surface area contributed by atoms with E-state index in [2.05, 4.69) is 0 Å². The molecule has 1 aromatic heterocycles. The molecule has 0 atom stereocenters. The highest BCUT2D eigenvalue weighted by atomic mass is 127. The van der Waals surface area contributed by atoms with E-state index in [4.69, 9.17) is 5.11 Å². The van der Waals surface area contributed by atoms with Crippen LogP contribution in [-0.2, 0) is 0 Å². The highest BCUT2D eigenvalue weighted by Gasteiger charge is 2.20. The van der Waals surface area contributed by atoms with Crippen LogP contribution in [0.4, 0.5) is 8.78 Å². The molecule has 0 aliphatic carbocycles. The number of halogens is 3. The first-order valence-electron chi connectivity index (χ1n) is 3.37. The maximum atomic E-state index is 12.3. The van der Waals surface area contributed by atoms with Crippen LogP contribution in [0.25, 0.3) is 0 Å². The summed E-state index contributed by atoms with van der Waals surface area (Å²) in [6.45, 7) is 0. The molecule has 0 radical (unpaired) electrons. The van der Waals surface area contributed by atoms with Crippen LogP contribution in [0, 0.1) is 3.57 Å². The first-order valence-corrected chi connectivity index (χ1v) is 4.45. The number of rotatable bonds is 2. The lowest BCUT2D eigenvalue weighted by molar-refractivity contribution is 0.0676. The van der Waals surface area contributed by atoms with Crippen LogP contribution >= 0.6 is 22.6 Å². The molecular weight excluding hydrogens is 311 g/mol. The highest BCUT2D eigenvalue weighted by Crippen LogP contribution is 2.21. The Balaban J connectivity index is 3.47. The quantitative estimate of drug-likeness (QED) is 0.815. The van der Waals surface area contributed by atoms with Gasteiger partial charge in [0, 0.05) is 0 Å². The second-order valence-electron chi connectivity index (χ2n) is 2.38. The molecule has 0 amide bonds. The Morgan fingerprint density at radius 2 is 2.14 bits per heavy atom. The van der Waals surface area contributed by atoms with E-state index < -0.39 is 29.2 Å². The standard InChI is InChI=1S/C7H4F2INO3/c8-5(9)2-1-3(10)6(12)11-4(2)7(13)14/h1,5H,(H,11,12)(H,13,14). The monoisotopic (exact) mass is 315 g/mol. The number of aromatic nitrogens is 1. The smallest absolute Gasteiger partial charge is 0.352 e. The van der Waals surface area contributed by atoms with E-state index in [1.54, 1.807) is 22.6 Å². The molecule has 0 saturated heterocycles. The number of nitrogens with one attached hydrogen (secondary N) is 1. The Labute approximate surface area is 90.1 Å². The van der Waals surface area contributed by atoms with Crippen molar-refractivity contribution in [1.29, 1.82) is 0 Å². The Hall–Kier alpha value is -0.990. The number of carboxylic acid groups (broad SMARTS) is 1. The predicted molar refractivity (Wildman–Crippen MR) is 51.7 cm³/mol. The van der Waals surface area contributed by atoms with Gasteiger partial charge in [0.25, 0.3) is 12.0 Å². The highest BCUT2D eigenvalue weighted by molar-refractivity contribution is 14.1. The number of carbonyl (C=O) groups is 1. The van der Waals surface area contributed by atoms with Crippen LogP contribution in [-0.4, -0.2) is 16.1 Å². The fourth-order valence-electron chi connectivity index (χ4n) is 0.869. The van der Waals surface area contributed by atoms with Crippen LogP contribution in [0.1, 0.15) is 22.5 Å². The van der Waals surface area contributed by atoms with Gasteiger partial charge >= 0.3 is 5.97 Å². The molecule has 0 spiro atoms. The zero-order chi connectivity index (χ0) is 10.9. The number of carboxylic acids is 1. The second kappa shape index (κ2) is 4.03. The molecule has 0 aliphatic rings. The molecule has 0 aromatic carbocycles. The summed E-state index contributed by atoms with van der Waals surface area (Å²) in [6.07, 6.45) is -2.92. The molecule has 76 valence electrons. The van der Waals surface area contributed by atoms with E-state index >= 15 is 0 Å². The fourth-order valence-corrected chi connectivity index (χ4v) is 1.34. The molecule has 0 bridgehead atoms. The maximum absolute atomic E-state index is 12.3. The van der Waals surface area contributed by atoms with Gasteiger partial charge in [-0.15, -0.1) is 0 Å². The summed E-state index contributed by atoms with van der Waals surface area (Å²) in [7, 11) is 0. The second-order valence-corrected chi connectivity index (χ2v) is 3.54. The normalized spacial score (nSPS) is 10.6. The average Bonchev–Trinajstić information content (AvgIpc) is 2.08. The summed E-state index contributed by atoms with van der Waals surface area (Å²) in [5.41, 5.74) is -2.13. The largest absolute Gasteiger partial charge is 0.477 e. The lowest BCUT2D eigenvalue weighted by Crippen LogP contribution is -2.18. The lowest BCUT2D eigenvalue weighted by atomic mass is 10.2. The van der Waals surface area contributed by atoms with Gasteiger partial charge in [-0.25, -0.2) is 13.6 Å². The van der Waals surface area contributed by atoms with Crippen molar-refractivity contribution in [3.05, 3.63) is 31.2 Å². The first kappa shape index (κ1) is 11.1. The molecule has 0 fully saturated rings. The molecule has 1 aromatic rings. The van der Waals surface area contributed by atoms with Crippen molar-refractivity contribution in [2.24, 2.45) is 0 Å². The zero-order valence-electron chi connectivity index (χ0n) is 6.55. The zero-order valence-corrected chi connectivity index (χ0v) is 8.71. The molecule has 0 aliphatic heterocycles. The summed E-state index contributed by atoms with van der Waals surface area (Å²) in [5.74, 6) is -1.58. The van der Waals surface area contributed by atoms with Gasteiger partial charge in [0.05, 0.1) is 9.13 Å². The minimum Gasteiger partial charge on any atom is -0.477 e. The SMILES string of the molecule is O=C(O)c1[nH]c(=O)c(I)cc1C(F)F. The molecule has 14 heavy (non-hydrogen) atoms. The summed E-state index contributed by atoms with van der Waals surface area (Å²) < 4.78 is 24.7. The molecule has 0 unspecified atom stereocenters. The molecule has 4 nitrogen and oxygen atoms in total. The van der Waals surface area contributed by atoms with Gasteiger partial charge in [0.1, 0.15) is 5.69 Å². The van der Waals surface area contributed by atoms with E-state index in [9.17, 15) is 18.4 Å². The minimum atomic E-state index is -2.92. The van der Waals surface area contributed by atoms with E-state index in [-0.39, 0.29) is 3.57 Å². The number of hydrogen-bond acceptors (Lipinski definition) is 2. The van der Waals surface area contributed by atoms with Crippen LogP contribution in [0.5, 0.6) is 0 Å². The average molecular weight is 315 g/mol. The number of pyridine rings is 1. The number of aromatic amines is 1. The predicted octanol–water partition coefficient (Wildman–Crippen LogP) is 1.62.